The van der Waals surface area contributed by atoms with E-state index in [1.54, 1.807) is 0 Å². The van der Waals surface area contributed by atoms with E-state index < -0.39 is 0 Å². The first-order valence-electron chi connectivity index (χ1n) is 7.48. The van der Waals surface area contributed by atoms with Gasteiger partial charge in [0.15, 0.2) is 5.96 Å². The van der Waals surface area contributed by atoms with Gasteiger partial charge in [0.05, 0.1) is 12.1 Å². The Labute approximate surface area is 122 Å². The molecule has 0 saturated heterocycles. The van der Waals surface area contributed by atoms with E-state index in [1.165, 1.54) is 22.3 Å². The van der Waals surface area contributed by atoms with E-state index in [2.05, 4.69) is 63.6 Å². The molecule has 0 fully saturated rings. The summed E-state index contributed by atoms with van der Waals surface area (Å²) in [6.45, 7) is 14.0. The average molecular weight is 273 g/mol. The molecular formula is C17H27N3. The van der Waals surface area contributed by atoms with Crippen LogP contribution < -0.4 is 5.73 Å². The quantitative estimate of drug-likeness (QED) is 0.918. The predicted molar refractivity (Wildman–Crippen MR) is 86.1 cm³/mol. The number of nitrogens with two attached hydrogens (primary N) is 1. The summed E-state index contributed by atoms with van der Waals surface area (Å²) >= 11 is 0. The van der Waals surface area contributed by atoms with E-state index in [9.17, 15) is 0 Å². The molecule has 0 radical (unpaired) electrons. The Bertz CT molecular complexity index is 524. The number of benzene rings is 1. The number of rotatable bonds is 3. The van der Waals surface area contributed by atoms with Gasteiger partial charge in [0, 0.05) is 6.04 Å². The fraction of sp³-hybridized carbons (Fsp3) is 0.588. The highest BCUT2D eigenvalue weighted by atomic mass is 15.4. The molecule has 0 spiro atoms. The van der Waals surface area contributed by atoms with Crippen molar-refractivity contribution in [2.24, 2.45) is 10.7 Å². The monoisotopic (exact) mass is 273 g/mol. The van der Waals surface area contributed by atoms with Crippen LogP contribution in [0.4, 0.5) is 0 Å². The van der Waals surface area contributed by atoms with Crippen molar-refractivity contribution in [3.63, 3.8) is 0 Å². The van der Waals surface area contributed by atoms with Crippen LogP contribution in [0.25, 0.3) is 0 Å². The number of aryl methyl sites for hydroxylation is 3. The Kier molecular flexibility index (Phi) is 3.81. The third-order valence-corrected chi connectivity index (χ3v) is 4.57. The van der Waals surface area contributed by atoms with Crippen LogP contribution in [-0.2, 0) is 5.54 Å². The van der Waals surface area contributed by atoms with E-state index >= 15 is 0 Å². The molecule has 2 N–H and O–H groups in total. The van der Waals surface area contributed by atoms with Gasteiger partial charge in [-0.3, -0.25) is 4.99 Å². The molecule has 20 heavy (non-hydrogen) atoms. The Hall–Kier alpha value is -1.51. The summed E-state index contributed by atoms with van der Waals surface area (Å²) in [4.78, 5) is 6.84. The average Bonchev–Trinajstić information content (AvgIpc) is 2.63. The molecule has 2 atom stereocenters. The second-order valence-electron chi connectivity index (χ2n) is 6.35. The van der Waals surface area contributed by atoms with Gasteiger partial charge in [-0.1, -0.05) is 24.6 Å². The zero-order valence-electron chi connectivity index (χ0n) is 13.6. The summed E-state index contributed by atoms with van der Waals surface area (Å²) < 4.78 is 0. The molecule has 0 bridgehead atoms. The van der Waals surface area contributed by atoms with Crippen LogP contribution >= 0.6 is 0 Å². The van der Waals surface area contributed by atoms with Crippen molar-refractivity contribution in [3.8, 4) is 0 Å². The minimum Gasteiger partial charge on any atom is -0.370 e. The largest absolute Gasteiger partial charge is 0.370 e. The van der Waals surface area contributed by atoms with E-state index in [0.29, 0.717) is 12.0 Å². The van der Waals surface area contributed by atoms with E-state index in [1.807, 2.05) is 0 Å². The van der Waals surface area contributed by atoms with Crippen molar-refractivity contribution < 1.29 is 0 Å². The molecule has 1 aliphatic rings. The topological polar surface area (TPSA) is 41.6 Å². The lowest BCUT2D eigenvalue weighted by atomic mass is 9.82. The minimum absolute atomic E-state index is 0.124. The zero-order chi connectivity index (χ0) is 15.1. The lowest BCUT2D eigenvalue weighted by Gasteiger charge is -2.42. The molecule has 3 nitrogen and oxygen atoms in total. The van der Waals surface area contributed by atoms with Gasteiger partial charge in [-0.05, 0) is 57.7 Å². The SMILES string of the molecule is CCC(C)N1C(N)=NCC1(C)c1c(C)cc(C)cc1C. The predicted octanol–water partition coefficient (Wildman–Crippen LogP) is 3.26. The normalized spacial score (nSPS) is 23.9. The summed E-state index contributed by atoms with van der Waals surface area (Å²) in [6, 6.07) is 4.92. The van der Waals surface area contributed by atoms with Crippen LogP contribution in [0.2, 0.25) is 0 Å². The Morgan fingerprint density at radius 3 is 2.35 bits per heavy atom. The van der Waals surface area contributed by atoms with Crippen molar-refractivity contribution in [1.29, 1.82) is 0 Å². The lowest BCUT2D eigenvalue weighted by Crippen LogP contribution is -2.52. The Morgan fingerprint density at radius 2 is 1.85 bits per heavy atom. The zero-order valence-corrected chi connectivity index (χ0v) is 13.6. The van der Waals surface area contributed by atoms with E-state index in [0.717, 1.165) is 13.0 Å². The highest BCUT2D eigenvalue weighted by Crippen LogP contribution is 2.38. The fourth-order valence-corrected chi connectivity index (χ4v) is 3.76. The molecule has 2 unspecified atom stereocenters. The second-order valence-corrected chi connectivity index (χ2v) is 6.35. The summed E-state index contributed by atoms with van der Waals surface area (Å²) in [5.41, 5.74) is 11.4. The molecule has 1 aromatic rings. The summed E-state index contributed by atoms with van der Waals surface area (Å²) in [5, 5.41) is 0. The van der Waals surface area contributed by atoms with Gasteiger partial charge >= 0.3 is 0 Å². The summed E-state index contributed by atoms with van der Waals surface area (Å²) in [6.07, 6.45) is 1.07. The highest BCUT2D eigenvalue weighted by molar-refractivity contribution is 5.82. The van der Waals surface area contributed by atoms with Crippen LogP contribution in [-0.4, -0.2) is 23.4 Å². The van der Waals surface area contributed by atoms with Gasteiger partial charge in [0.2, 0.25) is 0 Å². The molecule has 110 valence electrons. The molecule has 0 aliphatic carbocycles. The summed E-state index contributed by atoms with van der Waals surface area (Å²) in [7, 11) is 0. The van der Waals surface area contributed by atoms with Crippen molar-refractivity contribution in [3.05, 3.63) is 34.4 Å². The molecule has 1 aliphatic heterocycles. The van der Waals surface area contributed by atoms with Gasteiger partial charge in [-0.15, -0.1) is 0 Å². The van der Waals surface area contributed by atoms with E-state index in [4.69, 9.17) is 5.73 Å². The number of hydrogen-bond donors (Lipinski definition) is 1. The van der Waals surface area contributed by atoms with Gasteiger partial charge in [-0.25, -0.2) is 0 Å². The molecule has 0 amide bonds. The first-order chi connectivity index (χ1) is 9.31. The Morgan fingerprint density at radius 1 is 1.30 bits per heavy atom. The molecule has 3 heteroatoms. The van der Waals surface area contributed by atoms with Gasteiger partial charge in [0.1, 0.15) is 0 Å². The molecule has 1 aromatic carbocycles. The maximum Gasteiger partial charge on any atom is 0.192 e. The third-order valence-electron chi connectivity index (χ3n) is 4.57. The first kappa shape index (κ1) is 14.9. The smallest absolute Gasteiger partial charge is 0.192 e. The van der Waals surface area contributed by atoms with Gasteiger partial charge in [-0.2, -0.15) is 0 Å². The maximum absolute atomic E-state index is 6.17. The highest BCUT2D eigenvalue weighted by Gasteiger charge is 2.43. The van der Waals surface area contributed by atoms with Gasteiger partial charge in [0.25, 0.3) is 0 Å². The summed E-state index contributed by atoms with van der Waals surface area (Å²) in [5.74, 6) is 0.682. The number of aliphatic imine (C=N–C) groups is 1. The van der Waals surface area contributed by atoms with Crippen molar-refractivity contribution in [2.75, 3.05) is 6.54 Å². The Balaban J connectivity index is 2.56. The number of nitrogens with zero attached hydrogens (tertiary/aromatic N) is 2. The van der Waals surface area contributed by atoms with Crippen LogP contribution in [0.3, 0.4) is 0 Å². The second kappa shape index (κ2) is 5.12. The van der Waals surface area contributed by atoms with Crippen molar-refractivity contribution >= 4 is 5.96 Å². The number of guanidine groups is 1. The van der Waals surface area contributed by atoms with Crippen LogP contribution in [0.1, 0.15) is 49.4 Å². The first-order valence-corrected chi connectivity index (χ1v) is 7.48. The van der Waals surface area contributed by atoms with Crippen molar-refractivity contribution in [1.82, 2.24) is 4.90 Å². The third kappa shape index (κ3) is 2.19. The van der Waals surface area contributed by atoms with Crippen LogP contribution in [0.15, 0.2) is 17.1 Å². The van der Waals surface area contributed by atoms with Gasteiger partial charge < -0.3 is 10.6 Å². The standard InChI is InChI=1S/C17H27N3/c1-7-14(5)20-16(18)19-10-17(20,6)15-12(3)8-11(2)9-13(15)4/h8-9,14H,7,10H2,1-6H3,(H2,18,19). The maximum atomic E-state index is 6.17. The van der Waals surface area contributed by atoms with Crippen LogP contribution in [0, 0.1) is 20.8 Å². The van der Waals surface area contributed by atoms with E-state index in [-0.39, 0.29) is 5.54 Å². The molecule has 2 rings (SSSR count). The molecule has 0 saturated carbocycles. The molecule has 0 aromatic heterocycles. The minimum atomic E-state index is -0.124. The lowest BCUT2D eigenvalue weighted by molar-refractivity contribution is 0.170. The van der Waals surface area contributed by atoms with Crippen LogP contribution in [0.5, 0.6) is 0 Å². The number of hydrogen-bond acceptors (Lipinski definition) is 3. The molecular weight excluding hydrogens is 246 g/mol. The van der Waals surface area contributed by atoms with Crippen molar-refractivity contribution in [2.45, 2.75) is 59.5 Å². The fourth-order valence-electron chi connectivity index (χ4n) is 3.76. The molecule has 1 heterocycles.